The minimum absolute atomic E-state index is 0.0896. The van der Waals surface area contributed by atoms with Gasteiger partial charge < -0.3 is 10.2 Å². The van der Waals surface area contributed by atoms with Crippen LogP contribution in [0.5, 0.6) is 0 Å². The number of carbonyl (C=O) groups excluding carboxylic acids is 1. The Hall–Kier alpha value is -1.44. The largest absolute Gasteiger partial charge is 0.355 e. The van der Waals surface area contributed by atoms with Gasteiger partial charge in [0.25, 0.3) is 0 Å². The maximum Gasteiger partial charge on any atom is 0.240 e. The highest BCUT2D eigenvalue weighted by Crippen LogP contribution is 2.14. The SMILES string of the molecule is CCN(CC)CCNC(=O)CCNS(=O)(=O)c1ccc(C)c(C)c1. The quantitative estimate of drug-likeness (QED) is 0.665. The van der Waals surface area contributed by atoms with Gasteiger partial charge in [-0.05, 0) is 50.2 Å². The average molecular weight is 356 g/mol. The number of nitrogens with one attached hydrogen (secondary N) is 2. The van der Waals surface area contributed by atoms with Crippen molar-refractivity contribution in [2.45, 2.75) is 39.0 Å². The fraction of sp³-hybridized carbons (Fsp3) is 0.588. The molecule has 7 heteroatoms. The van der Waals surface area contributed by atoms with Crippen molar-refractivity contribution in [2.24, 2.45) is 0 Å². The summed E-state index contributed by atoms with van der Waals surface area (Å²) < 4.78 is 26.9. The zero-order chi connectivity index (χ0) is 18.2. The predicted octanol–water partition coefficient (Wildman–Crippen LogP) is 1.43. The van der Waals surface area contributed by atoms with Crippen LogP contribution in [0.4, 0.5) is 0 Å². The minimum Gasteiger partial charge on any atom is -0.355 e. The van der Waals surface area contributed by atoms with E-state index in [9.17, 15) is 13.2 Å². The van der Waals surface area contributed by atoms with Gasteiger partial charge in [-0.1, -0.05) is 19.9 Å². The van der Waals surface area contributed by atoms with E-state index in [1.807, 2.05) is 13.8 Å². The van der Waals surface area contributed by atoms with E-state index in [1.165, 1.54) is 0 Å². The van der Waals surface area contributed by atoms with Crippen molar-refractivity contribution in [3.05, 3.63) is 29.3 Å². The fourth-order valence-corrected chi connectivity index (χ4v) is 3.36. The fourth-order valence-electron chi connectivity index (χ4n) is 2.24. The van der Waals surface area contributed by atoms with Crippen LogP contribution in [-0.2, 0) is 14.8 Å². The first-order valence-corrected chi connectivity index (χ1v) is 9.84. The van der Waals surface area contributed by atoms with Crippen LogP contribution in [0.15, 0.2) is 23.1 Å². The van der Waals surface area contributed by atoms with E-state index in [-0.39, 0.29) is 23.8 Å². The Bertz CT molecular complexity index is 640. The van der Waals surface area contributed by atoms with Crippen LogP contribution in [0.1, 0.15) is 31.4 Å². The van der Waals surface area contributed by atoms with Gasteiger partial charge in [-0.3, -0.25) is 4.79 Å². The molecule has 0 saturated carbocycles. The summed E-state index contributed by atoms with van der Waals surface area (Å²) >= 11 is 0. The first-order valence-electron chi connectivity index (χ1n) is 8.36. The molecule has 6 nitrogen and oxygen atoms in total. The van der Waals surface area contributed by atoms with Crippen LogP contribution in [0.2, 0.25) is 0 Å². The van der Waals surface area contributed by atoms with Crippen molar-refractivity contribution in [2.75, 3.05) is 32.7 Å². The van der Waals surface area contributed by atoms with Gasteiger partial charge in [0.1, 0.15) is 0 Å². The molecule has 0 heterocycles. The lowest BCUT2D eigenvalue weighted by Gasteiger charge is -2.17. The molecular formula is C17H29N3O3S. The molecule has 0 saturated heterocycles. The lowest BCUT2D eigenvalue weighted by Crippen LogP contribution is -2.36. The van der Waals surface area contributed by atoms with Gasteiger partial charge in [0.15, 0.2) is 0 Å². The molecule has 0 fully saturated rings. The smallest absolute Gasteiger partial charge is 0.240 e. The summed E-state index contributed by atoms with van der Waals surface area (Å²) in [6, 6.07) is 5.00. The summed E-state index contributed by atoms with van der Waals surface area (Å²) in [4.78, 5) is 14.2. The van der Waals surface area contributed by atoms with Crippen molar-refractivity contribution >= 4 is 15.9 Å². The maximum atomic E-state index is 12.2. The lowest BCUT2D eigenvalue weighted by molar-refractivity contribution is -0.120. The number of hydrogen-bond donors (Lipinski definition) is 2. The number of rotatable bonds is 10. The molecule has 1 aromatic carbocycles. The van der Waals surface area contributed by atoms with Crippen LogP contribution in [-0.4, -0.2) is 51.9 Å². The average Bonchev–Trinajstić information content (AvgIpc) is 2.54. The standard InChI is InChI=1S/C17H29N3O3S/c1-5-20(6-2)12-11-18-17(21)9-10-19-24(22,23)16-8-7-14(3)15(4)13-16/h7-8,13,19H,5-6,9-12H2,1-4H3,(H,18,21). The number of hydrogen-bond acceptors (Lipinski definition) is 4. The molecule has 1 aromatic rings. The second-order valence-electron chi connectivity index (χ2n) is 5.77. The molecule has 24 heavy (non-hydrogen) atoms. The van der Waals surface area contributed by atoms with Gasteiger partial charge >= 0.3 is 0 Å². The molecular weight excluding hydrogens is 326 g/mol. The molecule has 0 aliphatic rings. The maximum absolute atomic E-state index is 12.2. The summed E-state index contributed by atoms with van der Waals surface area (Å²) in [6.07, 6.45) is 0.127. The van der Waals surface area contributed by atoms with Crippen molar-refractivity contribution in [1.82, 2.24) is 14.9 Å². The highest BCUT2D eigenvalue weighted by molar-refractivity contribution is 7.89. The summed E-state index contributed by atoms with van der Waals surface area (Å²) in [5.74, 6) is -0.148. The molecule has 0 radical (unpaired) electrons. The molecule has 0 atom stereocenters. The van der Waals surface area contributed by atoms with Crippen molar-refractivity contribution < 1.29 is 13.2 Å². The van der Waals surface area contributed by atoms with Crippen LogP contribution in [0.25, 0.3) is 0 Å². The van der Waals surface area contributed by atoms with E-state index in [0.717, 1.165) is 30.8 Å². The van der Waals surface area contributed by atoms with Gasteiger partial charge in [0, 0.05) is 26.1 Å². The summed E-state index contributed by atoms with van der Waals surface area (Å²) in [7, 11) is -3.58. The number of amides is 1. The molecule has 2 N–H and O–H groups in total. The summed E-state index contributed by atoms with van der Waals surface area (Å²) in [5.41, 5.74) is 1.97. The number of likely N-dealkylation sites (N-methyl/N-ethyl adjacent to an activating group) is 1. The third-order valence-electron chi connectivity index (χ3n) is 4.08. The lowest BCUT2D eigenvalue weighted by atomic mass is 10.1. The minimum atomic E-state index is -3.58. The Morgan fingerprint density at radius 3 is 2.33 bits per heavy atom. The first-order chi connectivity index (χ1) is 11.3. The molecule has 1 rings (SSSR count). The number of carbonyl (C=O) groups is 1. The van der Waals surface area contributed by atoms with Crippen molar-refractivity contribution in [3.8, 4) is 0 Å². The highest BCUT2D eigenvalue weighted by Gasteiger charge is 2.14. The van der Waals surface area contributed by atoms with Crippen molar-refractivity contribution in [3.63, 3.8) is 0 Å². The molecule has 1 amide bonds. The van der Waals surface area contributed by atoms with Crippen molar-refractivity contribution in [1.29, 1.82) is 0 Å². The van der Waals surface area contributed by atoms with E-state index in [4.69, 9.17) is 0 Å². The summed E-state index contributed by atoms with van der Waals surface area (Å²) in [6.45, 7) is 11.3. The van der Waals surface area contributed by atoms with Gasteiger partial charge in [-0.2, -0.15) is 0 Å². The summed E-state index contributed by atoms with van der Waals surface area (Å²) in [5, 5.41) is 2.81. The highest BCUT2D eigenvalue weighted by atomic mass is 32.2. The van der Waals surface area contributed by atoms with E-state index >= 15 is 0 Å². The molecule has 136 valence electrons. The second-order valence-corrected chi connectivity index (χ2v) is 7.54. The van der Waals surface area contributed by atoms with Crippen LogP contribution >= 0.6 is 0 Å². The van der Waals surface area contributed by atoms with E-state index in [2.05, 4.69) is 28.8 Å². The molecule has 0 aliphatic carbocycles. The first kappa shape index (κ1) is 20.6. The van der Waals surface area contributed by atoms with Crippen LogP contribution < -0.4 is 10.0 Å². The number of sulfonamides is 1. The zero-order valence-electron chi connectivity index (χ0n) is 15.1. The van der Waals surface area contributed by atoms with Crippen LogP contribution in [0.3, 0.4) is 0 Å². The molecule has 0 unspecified atom stereocenters. The van der Waals surface area contributed by atoms with Gasteiger partial charge in [-0.25, -0.2) is 13.1 Å². The number of benzene rings is 1. The molecule has 0 aromatic heterocycles. The second kappa shape index (κ2) is 9.76. The Morgan fingerprint density at radius 1 is 1.08 bits per heavy atom. The zero-order valence-corrected chi connectivity index (χ0v) is 15.9. The molecule has 0 bridgehead atoms. The van der Waals surface area contributed by atoms with Gasteiger partial charge in [-0.15, -0.1) is 0 Å². The normalized spacial score (nSPS) is 11.7. The predicted molar refractivity (Wildman–Crippen MR) is 96.5 cm³/mol. The Balaban J connectivity index is 2.40. The third kappa shape index (κ3) is 6.59. The Labute approximate surface area is 145 Å². The van der Waals surface area contributed by atoms with E-state index in [1.54, 1.807) is 18.2 Å². The molecule has 0 aliphatic heterocycles. The Kier molecular flexibility index (Phi) is 8.38. The van der Waals surface area contributed by atoms with Crippen LogP contribution in [0, 0.1) is 13.8 Å². The molecule has 0 spiro atoms. The number of aryl methyl sites for hydroxylation is 2. The Morgan fingerprint density at radius 2 is 1.75 bits per heavy atom. The van der Waals surface area contributed by atoms with Gasteiger partial charge in [0.2, 0.25) is 15.9 Å². The number of nitrogens with zero attached hydrogens (tertiary/aromatic N) is 1. The topological polar surface area (TPSA) is 78.5 Å². The monoisotopic (exact) mass is 355 g/mol. The third-order valence-corrected chi connectivity index (χ3v) is 5.54. The van der Waals surface area contributed by atoms with E-state index in [0.29, 0.717) is 6.54 Å². The van der Waals surface area contributed by atoms with Gasteiger partial charge in [0.05, 0.1) is 4.90 Å². The van der Waals surface area contributed by atoms with E-state index < -0.39 is 10.0 Å².